The number of anilines is 2. The van der Waals surface area contributed by atoms with Crippen LogP contribution in [-0.2, 0) is 11.3 Å². The lowest BCUT2D eigenvalue weighted by atomic mass is 10.1. The number of likely N-dealkylation sites (tertiary alicyclic amines) is 1. The Kier molecular flexibility index (Phi) is 6.54. The number of nitrogens with zero attached hydrogens (tertiary/aromatic N) is 3. The maximum atomic E-state index is 15.2. The van der Waals surface area contributed by atoms with Crippen molar-refractivity contribution in [3.63, 3.8) is 0 Å². The van der Waals surface area contributed by atoms with Crippen molar-refractivity contribution in [2.24, 2.45) is 17.8 Å². The molecule has 7 heteroatoms. The summed E-state index contributed by atoms with van der Waals surface area (Å²) in [7, 11) is 0. The number of fused-ring (bicyclic) bond motifs is 1. The van der Waals surface area contributed by atoms with Crippen LogP contribution in [0.2, 0.25) is 0 Å². The first-order chi connectivity index (χ1) is 17.6. The number of carbonyl (C=O) groups excluding carboxylic acids is 1. The Bertz CT molecular complexity index is 1200. The third kappa shape index (κ3) is 4.80. The van der Waals surface area contributed by atoms with E-state index < -0.39 is 0 Å². The van der Waals surface area contributed by atoms with Gasteiger partial charge in [-0.25, -0.2) is 4.39 Å². The summed E-state index contributed by atoms with van der Waals surface area (Å²) in [5.74, 6) is 1.35. The van der Waals surface area contributed by atoms with Crippen molar-refractivity contribution in [1.29, 1.82) is 0 Å². The number of piperidine rings is 1. The normalized spacial score (nSPS) is 23.5. The SMILES string of the molecule is Cc1ccc(CN2CC3C(C2)C3CN(C(=O)c2cccs2)c2ccc(N3CCOCC3)c(F)c2)cc1. The summed E-state index contributed by atoms with van der Waals surface area (Å²) in [6.45, 7) is 8.43. The number of amides is 1. The minimum absolute atomic E-state index is 0.0370. The molecule has 2 aromatic carbocycles. The highest BCUT2D eigenvalue weighted by Crippen LogP contribution is 2.52. The van der Waals surface area contributed by atoms with Gasteiger partial charge in [-0.1, -0.05) is 35.9 Å². The van der Waals surface area contributed by atoms with Crippen molar-refractivity contribution >= 4 is 28.6 Å². The summed E-state index contributed by atoms with van der Waals surface area (Å²) in [5, 5.41) is 1.92. The molecule has 188 valence electrons. The largest absolute Gasteiger partial charge is 0.378 e. The van der Waals surface area contributed by atoms with Crippen LogP contribution in [0.25, 0.3) is 0 Å². The summed E-state index contributed by atoms with van der Waals surface area (Å²) in [5.41, 5.74) is 3.86. The van der Waals surface area contributed by atoms with E-state index in [1.807, 2.05) is 39.4 Å². The van der Waals surface area contributed by atoms with Crippen molar-refractivity contribution in [2.45, 2.75) is 13.5 Å². The number of hydrogen-bond acceptors (Lipinski definition) is 5. The molecule has 6 rings (SSSR count). The Hall–Kier alpha value is -2.74. The lowest BCUT2D eigenvalue weighted by Gasteiger charge is -2.30. The van der Waals surface area contributed by atoms with Gasteiger partial charge >= 0.3 is 0 Å². The molecule has 0 spiro atoms. The summed E-state index contributed by atoms with van der Waals surface area (Å²) < 4.78 is 20.7. The van der Waals surface area contributed by atoms with Gasteiger partial charge in [0.15, 0.2) is 0 Å². The van der Waals surface area contributed by atoms with Gasteiger partial charge in [-0.15, -0.1) is 11.3 Å². The predicted octanol–water partition coefficient (Wildman–Crippen LogP) is 5.06. The van der Waals surface area contributed by atoms with E-state index in [4.69, 9.17) is 4.74 Å². The zero-order valence-electron chi connectivity index (χ0n) is 20.6. The van der Waals surface area contributed by atoms with Crippen LogP contribution in [0, 0.1) is 30.5 Å². The highest BCUT2D eigenvalue weighted by molar-refractivity contribution is 7.12. The molecule has 0 bridgehead atoms. The fraction of sp³-hybridized carbons (Fsp3) is 0.414. The topological polar surface area (TPSA) is 36.0 Å². The number of rotatable bonds is 7. The standard InChI is InChI=1S/C29H32FN3O2S/c1-20-4-6-21(7-5-20)16-31-17-23-24(18-31)25(23)19-33(29(34)28-3-2-14-36-28)22-8-9-27(26(30)15-22)32-10-12-35-13-11-32/h2-9,14-15,23-25H,10-13,16-19H2,1H3. The average Bonchev–Trinajstić information content (AvgIpc) is 3.28. The zero-order chi connectivity index (χ0) is 24.6. The highest BCUT2D eigenvalue weighted by atomic mass is 32.1. The third-order valence-corrected chi connectivity index (χ3v) is 8.80. The van der Waals surface area contributed by atoms with Crippen molar-refractivity contribution < 1.29 is 13.9 Å². The van der Waals surface area contributed by atoms with Crippen LogP contribution in [0.3, 0.4) is 0 Å². The fourth-order valence-electron chi connectivity index (χ4n) is 5.86. The lowest BCUT2D eigenvalue weighted by Crippen LogP contribution is -2.37. The molecule has 1 amide bonds. The first kappa shape index (κ1) is 23.6. The van der Waals surface area contributed by atoms with Gasteiger partial charge in [0.05, 0.1) is 23.8 Å². The number of benzene rings is 2. The van der Waals surface area contributed by atoms with E-state index in [0.29, 0.717) is 66.9 Å². The van der Waals surface area contributed by atoms with E-state index >= 15 is 4.39 Å². The Balaban J connectivity index is 1.16. The predicted molar refractivity (Wildman–Crippen MR) is 142 cm³/mol. The van der Waals surface area contributed by atoms with Gasteiger partial charge in [0.1, 0.15) is 5.82 Å². The van der Waals surface area contributed by atoms with Crippen molar-refractivity contribution in [1.82, 2.24) is 4.90 Å². The first-order valence-electron chi connectivity index (χ1n) is 12.8. The number of halogens is 1. The number of morpholine rings is 1. The molecule has 0 radical (unpaired) electrons. The molecule has 2 atom stereocenters. The number of ether oxygens (including phenoxy) is 1. The molecule has 3 fully saturated rings. The van der Waals surface area contributed by atoms with Gasteiger partial charge in [-0.05, 0) is 59.9 Å². The zero-order valence-corrected chi connectivity index (χ0v) is 21.4. The van der Waals surface area contributed by atoms with Gasteiger partial charge in [0, 0.05) is 45.0 Å². The van der Waals surface area contributed by atoms with Gasteiger partial charge in [-0.3, -0.25) is 9.69 Å². The van der Waals surface area contributed by atoms with E-state index in [1.54, 1.807) is 0 Å². The van der Waals surface area contributed by atoms with E-state index in [1.165, 1.54) is 28.5 Å². The molecule has 1 saturated carbocycles. The lowest BCUT2D eigenvalue weighted by molar-refractivity contribution is 0.0988. The second-order valence-electron chi connectivity index (χ2n) is 10.3. The quantitative estimate of drug-likeness (QED) is 0.450. The second kappa shape index (κ2) is 9.96. The highest BCUT2D eigenvalue weighted by Gasteiger charge is 2.56. The smallest absolute Gasteiger partial charge is 0.268 e. The molecule has 36 heavy (non-hydrogen) atoms. The molecular formula is C29H32FN3O2S. The van der Waals surface area contributed by atoms with E-state index in [0.717, 1.165) is 19.6 Å². The van der Waals surface area contributed by atoms with Gasteiger partial charge in [0.2, 0.25) is 0 Å². The Morgan fingerprint density at radius 3 is 2.50 bits per heavy atom. The average molecular weight is 506 g/mol. The minimum atomic E-state index is -0.279. The monoisotopic (exact) mass is 505 g/mol. The number of carbonyl (C=O) groups is 1. The van der Waals surface area contributed by atoms with Crippen molar-refractivity contribution in [2.75, 3.05) is 55.7 Å². The van der Waals surface area contributed by atoms with Gasteiger partial charge < -0.3 is 14.5 Å². The van der Waals surface area contributed by atoms with Crippen LogP contribution in [0.15, 0.2) is 60.0 Å². The van der Waals surface area contributed by atoms with E-state index in [2.05, 4.69) is 36.1 Å². The molecule has 3 aromatic rings. The van der Waals surface area contributed by atoms with Crippen molar-refractivity contribution in [3.8, 4) is 0 Å². The van der Waals surface area contributed by atoms with Crippen LogP contribution in [0.4, 0.5) is 15.8 Å². The molecule has 2 unspecified atom stereocenters. The molecule has 5 nitrogen and oxygen atoms in total. The maximum absolute atomic E-state index is 15.2. The first-order valence-corrected chi connectivity index (χ1v) is 13.7. The summed E-state index contributed by atoms with van der Waals surface area (Å²) >= 11 is 1.44. The maximum Gasteiger partial charge on any atom is 0.268 e. The third-order valence-electron chi connectivity index (χ3n) is 7.94. The second-order valence-corrected chi connectivity index (χ2v) is 11.2. The molecule has 3 heterocycles. The number of aryl methyl sites for hydroxylation is 1. The van der Waals surface area contributed by atoms with Crippen LogP contribution in [0.5, 0.6) is 0 Å². The minimum Gasteiger partial charge on any atom is -0.378 e. The van der Waals surface area contributed by atoms with Gasteiger partial charge in [-0.2, -0.15) is 0 Å². The molecule has 0 N–H and O–H groups in total. The molecule has 3 aliphatic rings. The fourth-order valence-corrected chi connectivity index (χ4v) is 6.53. The summed E-state index contributed by atoms with van der Waals surface area (Å²) in [4.78, 5) is 20.5. The van der Waals surface area contributed by atoms with Crippen molar-refractivity contribution in [3.05, 3.63) is 81.8 Å². The molecule has 2 saturated heterocycles. The summed E-state index contributed by atoms with van der Waals surface area (Å²) in [6.07, 6.45) is 0. The van der Waals surface area contributed by atoms with Crippen LogP contribution in [-0.4, -0.2) is 56.7 Å². The van der Waals surface area contributed by atoms with Crippen LogP contribution < -0.4 is 9.80 Å². The Morgan fingerprint density at radius 1 is 1.08 bits per heavy atom. The van der Waals surface area contributed by atoms with Crippen LogP contribution >= 0.6 is 11.3 Å². The number of hydrogen-bond donors (Lipinski definition) is 0. The van der Waals surface area contributed by atoms with Gasteiger partial charge in [0.25, 0.3) is 5.91 Å². The van der Waals surface area contributed by atoms with E-state index in [9.17, 15) is 4.79 Å². The molecular weight excluding hydrogens is 473 g/mol. The number of thiophene rings is 1. The molecule has 1 aliphatic carbocycles. The Morgan fingerprint density at radius 2 is 1.83 bits per heavy atom. The van der Waals surface area contributed by atoms with Crippen LogP contribution in [0.1, 0.15) is 20.8 Å². The molecule has 1 aromatic heterocycles. The summed E-state index contributed by atoms with van der Waals surface area (Å²) in [6, 6.07) is 17.8. The van der Waals surface area contributed by atoms with E-state index in [-0.39, 0.29) is 11.7 Å². The Labute approximate surface area is 216 Å². The molecule has 2 aliphatic heterocycles.